The molecule has 1 heteroatoms. The van der Waals surface area contributed by atoms with Crippen molar-refractivity contribution in [2.45, 2.75) is 41.0 Å². The van der Waals surface area contributed by atoms with Crippen molar-refractivity contribution < 1.29 is 4.79 Å². The Kier molecular flexibility index (Phi) is 3.97. The summed E-state index contributed by atoms with van der Waals surface area (Å²) < 4.78 is 0. The molecule has 1 aliphatic rings. The third kappa shape index (κ3) is 2.45. The van der Waals surface area contributed by atoms with Crippen LogP contribution in [-0.2, 0) is 0 Å². The van der Waals surface area contributed by atoms with Gasteiger partial charge in [0.15, 0.2) is 5.78 Å². The van der Waals surface area contributed by atoms with Crippen molar-refractivity contribution in [1.29, 1.82) is 0 Å². The van der Waals surface area contributed by atoms with Gasteiger partial charge in [-0.25, -0.2) is 0 Å². The van der Waals surface area contributed by atoms with Gasteiger partial charge in [-0.2, -0.15) is 0 Å². The second-order valence-electron chi connectivity index (χ2n) is 6.59. The fraction of sp³-hybridized carbons (Fsp3) is 0.318. The minimum Gasteiger partial charge on any atom is -0.294 e. The fourth-order valence-corrected chi connectivity index (χ4v) is 3.68. The van der Waals surface area contributed by atoms with Gasteiger partial charge in [-0.15, -0.1) is 0 Å². The topological polar surface area (TPSA) is 17.1 Å². The Morgan fingerprint density at radius 2 is 1.61 bits per heavy atom. The second-order valence-corrected chi connectivity index (χ2v) is 6.59. The number of rotatable bonds is 3. The Morgan fingerprint density at radius 3 is 2.13 bits per heavy atom. The van der Waals surface area contributed by atoms with E-state index in [1.807, 2.05) is 13.0 Å². The minimum absolute atomic E-state index is 0.223. The molecule has 0 saturated carbocycles. The summed E-state index contributed by atoms with van der Waals surface area (Å²) in [6, 6.07) is 12.6. The van der Waals surface area contributed by atoms with E-state index in [4.69, 9.17) is 0 Å². The van der Waals surface area contributed by atoms with Crippen molar-refractivity contribution in [2.75, 3.05) is 0 Å². The molecule has 2 aromatic carbocycles. The summed E-state index contributed by atoms with van der Waals surface area (Å²) >= 11 is 0. The molecule has 2 aromatic rings. The molecule has 0 saturated heterocycles. The zero-order chi connectivity index (χ0) is 16.7. The third-order valence-corrected chi connectivity index (χ3v) is 5.44. The van der Waals surface area contributed by atoms with Crippen LogP contribution >= 0.6 is 0 Å². The molecule has 1 nitrogen and oxygen atoms in total. The summed E-state index contributed by atoms with van der Waals surface area (Å²) in [6.07, 6.45) is 0.539. The standard InChI is InChI=1S/C22H24O/c1-6-21(23)19-11-17-9-7-8-10-18(17)12-20(19)22-15(4)13(2)14(3)16(22)5/h7-12,15H,6H2,1-5H3. The zero-order valence-electron chi connectivity index (χ0n) is 14.7. The van der Waals surface area contributed by atoms with E-state index in [1.54, 1.807) is 0 Å². The van der Waals surface area contributed by atoms with Crippen molar-refractivity contribution >= 4 is 22.1 Å². The summed E-state index contributed by atoms with van der Waals surface area (Å²) in [5, 5.41) is 2.34. The number of Topliss-reactive ketones (excluding diaryl/α,β-unsaturated/α-hetero) is 1. The van der Waals surface area contributed by atoms with E-state index >= 15 is 0 Å². The van der Waals surface area contributed by atoms with Crippen molar-refractivity contribution in [3.63, 3.8) is 0 Å². The number of allylic oxidation sites excluding steroid dienone is 4. The largest absolute Gasteiger partial charge is 0.294 e. The van der Waals surface area contributed by atoms with Gasteiger partial charge in [-0.1, -0.05) is 43.7 Å². The Bertz CT molecular complexity index is 865. The Morgan fingerprint density at radius 1 is 1.00 bits per heavy atom. The van der Waals surface area contributed by atoms with Crippen molar-refractivity contribution in [2.24, 2.45) is 5.92 Å². The lowest BCUT2D eigenvalue weighted by Gasteiger charge is -2.18. The van der Waals surface area contributed by atoms with Crippen LogP contribution in [0, 0.1) is 5.92 Å². The van der Waals surface area contributed by atoms with E-state index in [1.165, 1.54) is 27.7 Å². The molecule has 118 valence electrons. The average Bonchev–Trinajstić information content (AvgIpc) is 2.76. The number of hydrogen-bond acceptors (Lipinski definition) is 1. The van der Waals surface area contributed by atoms with Gasteiger partial charge in [0.2, 0.25) is 0 Å². The lowest BCUT2D eigenvalue weighted by Crippen LogP contribution is -2.06. The maximum Gasteiger partial charge on any atom is 0.163 e. The molecule has 1 atom stereocenters. The van der Waals surface area contributed by atoms with Gasteiger partial charge in [0.05, 0.1) is 0 Å². The van der Waals surface area contributed by atoms with Crippen LogP contribution in [0.2, 0.25) is 0 Å². The highest BCUT2D eigenvalue weighted by Gasteiger charge is 2.27. The number of benzene rings is 2. The molecule has 23 heavy (non-hydrogen) atoms. The zero-order valence-corrected chi connectivity index (χ0v) is 14.7. The first kappa shape index (κ1) is 15.7. The molecule has 0 N–H and O–H groups in total. The number of hydrogen-bond donors (Lipinski definition) is 0. The molecular formula is C22H24O. The quantitative estimate of drug-likeness (QED) is 0.618. The van der Waals surface area contributed by atoms with Gasteiger partial charge in [-0.05, 0) is 66.0 Å². The molecular weight excluding hydrogens is 280 g/mol. The van der Waals surface area contributed by atoms with Gasteiger partial charge >= 0.3 is 0 Å². The van der Waals surface area contributed by atoms with E-state index in [0.717, 1.165) is 16.5 Å². The van der Waals surface area contributed by atoms with Crippen LogP contribution in [0.15, 0.2) is 53.1 Å². The van der Waals surface area contributed by atoms with E-state index < -0.39 is 0 Å². The molecule has 0 radical (unpaired) electrons. The van der Waals surface area contributed by atoms with E-state index in [2.05, 4.69) is 58.0 Å². The van der Waals surface area contributed by atoms with Crippen molar-refractivity contribution in [3.05, 3.63) is 64.2 Å². The summed E-state index contributed by atoms with van der Waals surface area (Å²) in [7, 11) is 0. The molecule has 3 rings (SSSR count). The Balaban J connectivity index is 2.31. The van der Waals surface area contributed by atoms with Gasteiger partial charge in [0.1, 0.15) is 0 Å². The monoisotopic (exact) mass is 304 g/mol. The summed E-state index contributed by atoms with van der Waals surface area (Å²) in [5.74, 6) is 0.597. The maximum absolute atomic E-state index is 12.6. The van der Waals surface area contributed by atoms with Crippen molar-refractivity contribution in [1.82, 2.24) is 0 Å². The molecule has 0 bridgehead atoms. The number of carbonyl (C=O) groups excluding carboxylic acids is 1. The smallest absolute Gasteiger partial charge is 0.163 e. The van der Waals surface area contributed by atoms with Crippen LogP contribution in [-0.4, -0.2) is 5.78 Å². The van der Waals surface area contributed by atoms with Crippen LogP contribution in [0.5, 0.6) is 0 Å². The molecule has 0 fully saturated rings. The first-order valence-corrected chi connectivity index (χ1v) is 8.40. The van der Waals surface area contributed by atoms with Crippen LogP contribution in [0.4, 0.5) is 0 Å². The Labute approximate surface area is 138 Å². The number of fused-ring (bicyclic) bond motifs is 1. The number of ketones is 1. The predicted molar refractivity (Wildman–Crippen MR) is 98.7 cm³/mol. The van der Waals surface area contributed by atoms with Gasteiger partial charge in [-0.3, -0.25) is 4.79 Å². The van der Waals surface area contributed by atoms with Crippen molar-refractivity contribution in [3.8, 4) is 0 Å². The molecule has 0 spiro atoms. The Hall–Kier alpha value is -2.15. The molecule has 1 unspecified atom stereocenters. The fourth-order valence-electron chi connectivity index (χ4n) is 3.68. The lowest BCUT2D eigenvalue weighted by molar-refractivity contribution is 0.0988. The van der Waals surface area contributed by atoms with E-state index in [9.17, 15) is 4.79 Å². The summed E-state index contributed by atoms with van der Waals surface area (Å²) in [6.45, 7) is 10.8. The van der Waals surface area contributed by atoms with Gasteiger partial charge in [0.25, 0.3) is 0 Å². The highest BCUT2D eigenvalue weighted by Crippen LogP contribution is 2.44. The molecule has 0 amide bonds. The van der Waals surface area contributed by atoms with E-state index in [0.29, 0.717) is 12.3 Å². The van der Waals surface area contributed by atoms with Gasteiger partial charge in [0, 0.05) is 17.9 Å². The average molecular weight is 304 g/mol. The maximum atomic E-state index is 12.6. The first-order chi connectivity index (χ1) is 11.0. The molecule has 0 heterocycles. The SMILES string of the molecule is CCC(=O)c1cc2ccccc2cc1C1=C(C)C(C)=C(C)C1C. The van der Waals surface area contributed by atoms with E-state index in [-0.39, 0.29) is 5.78 Å². The summed E-state index contributed by atoms with van der Waals surface area (Å²) in [4.78, 5) is 12.6. The lowest BCUT2D eigenvalue weighted by atomic mass is 9.85. The summed E-state index contributed by atoms with van der Waals surface area (Å²) in [5.41, 5.74) is 7.43. The molecule has 0 aliphatic heterocycles. The van der Waals surface area contributed by atoms with Crippen LogP contribution in [0.3, 0.4) is 0 Å². The number of carbonyl (C=O) groups is 1. The van der Waals surface area contributed by atoms with Crippen LogP contribution < -0.4 is 0 Å². The molecule has 0 aromatic heterocycles. The normalized spacial score (nSPS) is 18.2. The highest BCUT2D eigenvalue weighted by atomic mass is 16.1. The van der Waals surface area contributed by atoms with Crippen LogP contribution in [0.25, 0.3) is 16.3 Å². The first-order valence-electron chi connectivity index (χ1n) is 8.40. The van der Waals surface area contributed by atoms with Gasteiger partial charge < -0.3 is 0 Å². The van der Waals surface area contributed by atoms with Crippen LogP contribution in [0.1, 0.15) is 57.0 Å². The highest BCUT2D eigenvalue weighted by molar-refractivity contribution is 6.05. The molecule has 1 aliphatic carbocycles. The second kappa shape index (κ2) is 5.81. The minimum atomic E-state index is 0.223. The predicted octanol–water partition coefficient (Wildman–Crippen LogP) is 6.19. The third-order valence-electron chi connectivity index (χ3n) is 5.44.